The standard InChI is InChI=1S/C31H35N3O3/c1-23(24-9-3-2-4-10-24)21-32-31(36)27-12-6-5-11-26(27)25-15-17-33(18-16-25)19-20-34-28-13-7-8-14-29(28)37-22-30(34)35/h2-14,23,25H,15-22H2,1H3,(H,32,36). The molecule has 2 amide bonds. The van der Waals surface area contributed by atoms with E-state index in [0.717, 1.165) is 55.0 Å². The molecule has 0 spiro atoms. The quantitative estimate of drug-likeness (QED) is 0.485. The molecule has 3 aromatic carbocycles. The van der Waals surface area contributed by atoms with Gasteiger partial charge < -0.3 is 19.9 Å². The third kappa shape index (κ3) is 5.86. The molecule has 0 bridgehead atoms. The zero-order valence-corrected chi connectivity index (χ0v) is 21.4. The van der Waals surface area contributed by atoms with Gasteiger partial charge in [0.05, 0.1) is 5.69 Å². The van der Waals surface area contributed by atoms with Crippen LogP contribution in [-0.2, 0) is 4.79 Å². The summed E-state index contributed by atoms with van der Waals surface area (Å²) in [5.74, 6) is 1.40. The number of carbonyl (C=O) groups excluding carboxylic acids is 2. The number of ether oxygens (including phenoxy) is 1. The Hall–Kier alpha value is -3.64. The van der Waals surface area contributed by atoms with Gasteiger partial charge in [-0.15, -0.1) is 0 Å². The van der Waals surface area contributed by atoms with E-state index in [1.54, 1.807) is 0 Å². The van der Waals surface area contributed by atoms with E-state index in [0.29, 0.717) is 19.0 Å². The zero-order chi connectivity index (χ0) is 25.6. The van der Waals surface area contributed by atoms with Gasteiger partial charge in [0.1, 0.15) is 5.75 Å². The van der Waals surface area contributed by atoms with Crippen molar-refractivity contribution in [1.82, 2.24) is 10.2 Å². The largest absolute Gasteiger partial charge is 0.482 e. The summed E-state index contributed by atoms with van der Waals surface area (Å²) in [5.41, 5.74) is 4.02. The van der Waals surface area contributed by atoms with Crippen molar-refractivity contribution in [2.75, 3.05) is 44.2 Å². The first-order valence-electron chi connectivity index (χ1n) is 13.3. The van der Waals surface area contributed by atoms with Gasteiger partial charge in [0.25, 0.3) is 11.8 Å². The molecule has 2 heterocycles. The number of anilines is 1. The highest BCUT2D eigenvalue weighted by Gasteiger charge is 2.28. The molecule has 1 atom stereocenters. The number of hydrogen-bond donors (Lipinski definition) is 1. The Bertz CT molecular complexity index is 1220. The summed E-state index contributed by atoms with van der Waals surface area (Å²) in [5, 5.41) is 3.16. The van der Waals surface area contributed by atoms with Crippen molar-refractivity contribution in [3.8, 4) is 5.75 Å². The first kappa shape index (κ1) is 25.0. The number of fused-ring (bicyclic) bond motifs is 1. The van der Waals surface area contributed by atoms with Crippen molar-refractivity contribution in [3.05, 3.63) is 95.6 Å². The number of nitrogens with one attached hydrogen (secondary N) is 1. The van der Waals surface area contributed by atoms with E-state index in [9.17, 15) is 9.59 Å². The summed E-state index contributed by atoms with van der Waals surface area (Å²) in [6.07, 6.45) is 2.00. The summed E-state index contributed by atoms with van der Waals surface area (Å²) in [4.78, 5) is 29.9. The predicted octanol–water partition coefficient (Wildman–Crippen LogP) is 4.83. The smallest absolute Gasteiger partial charge is 0.265 e. The molecule has 3 aromatic rings. The van der Waals surface area contributed by atoms with Gasteiger partial charge in [-0.1, -0.05) is 67.6 Å². The van der Waals surface area contributed by atoms with E-state index < -0.39 is 0 Å². The highest BCUT2D eigenvalue weighted by molar-refractivity contribution is 5.98. The normalized spacial score (nSPS) is 17.1. The fourth-order valence-electron chi connectivity index (χ4n) is 5.41. The van der Waals surface area contributed by atoms with Crippen LogP contribution in [0.2, 0.25) is 0 Å². The number of hydrogen-bond acceptors (Lipinski definition) is 4. The van der Waals surface area contributed by atoms with Crippen molar-refractivity contribution in [3.63, 3.8) is 0 Å². The molecule has 0 saturated carbocycles. The van der Waals surface area contributed by atoms with Gasteiger partial charge in [-0.3, -0.25) is 9.59 Å². The van der Waals surface area contributed by atoms with Crippen LogP contribution in [0.4, 0.5) is 5.69 Å². The number of benzene rings is 3. The summed E-state index contributed by atoms with van der Waals surface area (Å²) >= 11 is 0. The van der Waals surface area contributed by atoms with Gasteiger partial charge in [0, 0.05) is 25.2 Å². The summed E-state index contributed by atoms with van der Waals surface area (Å²) in [6.45, 7) is 6.23. The van der Waals surface area contributed by atoms with E-state index in [1.165, 1.54) is 5.56 Å². The number of amides is 2. The molecular weight excluding hydrogens is 462 g/mol. The maximum absolute atomic E-state index is 13.1. The number of likely N-dealkylation sites (tertiary alicyclic amines) is 1. The molecule has 6 heteroatoms. The second-order valence-corrected chi connectivity index (χ2v) is 10.0. The lowest BCUT2D eigenvalue weighted by molar-refractivity contribution is -0.121. The third-order valence-electron chi connectivity index (χ3n) is 7.62. The summed E-state index contributed by atoms with van der Waals surface area (Å²) in [7, 11) is 0. The molecule has 0 aliphatic carbocycles. The van der Waals surface area contributed by atoms with Crippen LogP contribution in [0, 0.1) is 0 Å². The van der Waals surface area contributed by atoms with Crippen molar-refractivity contribution in [2.24, 2.45) is 0 Å². The Morgan fingerprint density at radius 3 is 2.46 bits per heavy atom. The van der Waals surface area contributed by atoms with Crippen LogP contribution in [0.3, 0.4) is 0 Å². The van der Waals surface area contributed by atoms with Gasteiger partial charge in [-0.25, -0.2) is 0 Å². The van der Waals surface area contributed by atoms with E-state index >= 15 is 0 Å². The molecular formula is C31H35N3O3. The van der Waals surface area contributed by atoms with Gasteiger partial charge in [0.2, 0.25) is 0 Å². The van der Waals surface area contributed by atoms with Crippen LogP contribution < -0.4 is 15.0 Å². The first-order chi connectivity index (χ1) is 18.1. The maximum atomic E-state index is 13.1. The number of rotatable bonds is 8. The lowest BCUT2D eigenvalue weighted by Gasteiger charge is -2.35. The molecule has 1 saturated heterocycles. The monoisotopic (exact) mass is 497 g/mol. The highest BCUT2D eigenvalue weighted by Crippen LogP contribution is 2.33. The summed E-state index contributed by atoms with van der Waals surface area (Å²) < 4.78 is 5.57. The highest BCUT2D eigenvalue weighted by atomic mass is 16.5. The van der Waals surface area contributed by atoms with E-state index in [1.807, 2.05) is 65.6 Å². The van der Waals surface area contributed by atoms with Crippen LogP contribution >= 0.6 is 0 Å². The van der Waals surface area contributed by atoms with Crippen LogP contribution in [0.1, 0.15) is 53.1 Å². The molecule has 1 fully saturated rings. The Balaban J connectivity index is 1.15. The Kier molecular flexibility index (Phi) is 7.85. The van der Waals surface area contributed by atoms with Crippen LogP contribution in [0.25, 0.3) is 0 Å². The first-order valence-corrected chi connectivity index (χ1v) is 13.3. The number of nitrogens with zero attached hydrogens (tertiary/aromatic N) is 2. The molecule has 2 aliphatic rings. The third-order valence-corrected chi connectivity index (χ3v) is 7.62. The van der Waals surface area contributed by atoms with Crippen molar-refractivity contribution in [1.29, 1.82) is 0 Å². The molecule has 1 unspecified atom stereocenters. The Morgan fingerprint density at radius 2 is 1.65 bits per heavy atom. The van der Waals surface area contributed by atoms with Gasteiger partial charge >= 0.3 is 0 Å². The Labute approximate surface area is 219 Å². The van der Waals surface area contributed by atoms with Gasteiger partial charge in [-0.2, -0.15) is 0 Å². The molecule has 6 nitrogen and oxygen atoms in total. The maximum Gasteiger partial charge on any atom is 0.265 e. The van der Waals surface area contributed by atoms with Crippen LogP contribution in [-0.4, -0.2) is 56.0 Å². The fraction of sp³-hybridized carbons (Fsp3) is 0.355. The lowest BCUT2D eigenvalue weighted by Crippen LogP contribution is -2.45. The minimum Gasteiger partial charge on any atom is -0.482 e. The SMILES string of the molecule is CC(CNC(=O)c1ccccc1C1CCN(CCN2C(=O)COc3ccccc32)CC1)c1ccccc1. The van der Waals surface area contributed by atoms with E-state index in [-0.39, 0.29) is 24.3 Å². The average Bonchev–Trinajstić information content (AvgIpc) is 2.96. The topological polar surface area (TPSA) is 61.9 Å². The average molecular weight is 498 g/mol. The molecule has 1 N–H and O–H groups in total. The van der Waals surface area contributed by atoms with Crippen molar-refractivity contribution >= 4 is 17.5 Å². The Morgan fingerprint density at radius 1 is 0.946 bits per heavy atom. The number of para-hydroxylation sites is 2. The molecule has 5 rings (SSSR count). The molecule has 0 aromatic heterocycles. The number of piperidine rings is 1. The minimum atomic E-state index is 0.00491. The lowest BCUT2D eigenvalue weighted by atomic mass is 9.86. The second kappa shape index (κ2) is 11.6. The summed E-state index contributed by atoms with van der Waals surface area (Å²) in [6, 6.07) is 26.1. The van der Waals surface area contributed by atoms with E-state index in [2.05, 4.69) is 35.3 Å². The van der Waals surface area contributed by atoms with Crippen LogP contribution in [0.15, 0.2) is 78.9 Å². The molecule has 0 radical (unpaired) electrons. The van der Waals surface area contributed by atoms with Gasteiger partial charge in [-0.05, 0) is 67.1 Å². The molecule has 192 valence electrons. The van der Waals surface area contributed by atoms with Crippen molar-refractivity contribution in [2.45, 2.75) is 31.6 Å². The zero-order valence-electron chi connectivity index (χ0n) is 21.4. The van der Waals surface area contributed by atoms with Gasteiger partial charge in [0.15, 0.2) is 6.61 Å². The van der Waals surface area contributed by atoms with Crippen molar-refractivity contribution < 1.29 is 14.3 Å². The molecule has 2 aliphatic heterocycles. The predicted molar refractivity (Wildman–Crippen MR) is 146 cm³/mol. The van der Waals surface area contributed by atoms with Crippen LogP contribution in [0.5, 0.6) is 5.75 Å². The minimum absolute atomic E-state index is 0.00491. The molecule has 37 heavy (non-hydrogen) atoms. The number of carbonyl (C=O) groups is 2. The van der Waals surface area contributed by atoms with E-state index in [4.69, 9.17) is 4.74 Å². The second-order valence-electron chi connectivity index (χ2n) is 10.0. The fourth-order valence-corrected chi connectivity index (χ4v) is 5.41.